The lowest BCUT2D eigenvalue weighted by Gasteiger charge is -2.16. The van der Waals surface area contributed by atoms with Crippen molar-refractivity contribution < 1.29 is 19.0 Å². The van der Waals surface area contributed by atoms with Crippen LogP contribution in [0.25, 0.3) is 0 Å². The smallest absolute Gasteiger partial charge is 0.309 e. The van der Waals surface area contributed by atoms with Gasteiger partial charge in [-0.05, 0) is 43.0 Å². The van der Waals surface area contributed by atoms with Gasteiger partial charge in [0.1, 0.15) is 0 Å². The highest BCUT2D eigenvalue weighted by molar-refractivity contribution is 5.75. The average Bonchev–Trinajstić information content (AvgIpc) is 2.96. The molecule has 4 heteroatoms. The number of carbonyl (C=O) groups is 1. The summed E-state index contributed by atoms with van der Waals surface area (Å²) < 4.78 is 16.0. The Balaban J connectivity index is 1.74. The Bertz CT molecular complexity index is 736. The summed E-state index contributed by atoms with van der Waals surface area (Å²) in [7, 11) is 3.25. The molecule has 0 unspecified atom stereocenters. The van der Waals surface area contributed by atoms with Crippen LogP contribution in [0.1, 0.15) is 16.7 Å². The predicted octanol–water partition coefficient (Wildman–Crippen LogP) is 3.59. The van der Waals surface area contributed by atoms with E-state index < -0.39 is 0 Å². The van der Waals surface area contributed by atoms with Gasteiger partial charge >= 0.3 is 5.97 Å². The predicted molar refractivity (Wildman–Crippen MR) is 96.1 cm³/mol. The Morgan fingerprint density at radius 3 is 2.32 bits per heavy atom. The first-order valence-corrected chi connectivity index (χ1v) is 8.53. The molecule has 0 N–H and O–H groups in total. The zero-order valence-corrected chi connectivity index (χ0v) is 15.0. The molecule has 1 heterocycles. The first kappa shape index (κ1) is 17.3. The normalized spacial score (nSPS) is 19.6. The Kier molecular flexibility index (Phi) is 5.27. The molecule has 2 aromatic rings. The van der Waals surface area contributed by atoms with Gasteiger partial charge in [0, 0.05) is 5.92 Å². The number of carbonyl (C=O) groups excluding carboxylic acids is 1. The third-order valence-corrected chi connectivity index (χ3v) is 4.83. The fraction of sp³-hybridized carbons (Fsp3) is 0.381. The quantitative estimate of drug-likeness (QED) is 0.754. The van der Waals surface area contributed by atoms with Crippen molar-refractivity contribution in [3.8, 4) is 11.5 Å². The van der Waals surface area contributed by atoms with E-state index in [0.29, 0.717) is 18.1 Å². The van der Waals surface area contributed by atoms with Gasteiger partial charge < -0.3 is 14.2 Å². The maximum atomic E-state index is 12.2. The molecule has 1 saturated heterocycles. The SMILES string of the molecule is COc1ccc(C[C@@H]2COC(=O)[C@H]2Cc2ccc(C)cc2)cc1OC. The molecule has 1 aliphatic rings. The van der Waals surface area contributed by atoms with Crippen LogP contribution >= 0.6 is 0 Å². The molecule has 25 heavy (non-hydrogen) atoms. The van der Waals surface area contributed by atoms with Gasteiger partial charge in [-0.15, -0.1) is 0 Å². The molecule has 0 aliphatic carbocycles. The van der Waals surface area contributed by atoms with Crippen LogP contribution in [0.15, 0.2) is 42.5 Å². The monoisotopic (exact) mass is 340 g/mol. The van der Waals surface area contributed by atoms with Gasteiger partial charge in [-0.2, -0.15) is 0 Å². The minimum Gasteiger partial charge on any atom is -0.493 e. The molecular weight excluding hydrogens is 316 g/mol. The van der Waals surface area contributed by atoms with Gasteiger partial charge in [0.25, 0.3) is 0 Å². The molecule has 2 atom stereocenters. The van der Waals surface area contributed by atoms with Crippen LogP contribution in [0.5, 0.6) is 11.5 Å². The van der Waals surface area contributed by atoms with Crippen molar-refractivity contribution >= 4 is 5.97 Å². The molecule has 1 fully saturated rings. The third kappa shape index (κ3) is 3.95. The summed E-state index contributed by atoms with van der Waals surface area (Å²) in [6.45, 7) is 2.54. The number of cyclic esters (lactones) is 1. The van der Waals surface area contributed by atoms with E-state index in [-0.39, 0.29) is 17.8 Å². The summed E-state index contributed by atoms with van der Waals surface area (Å²) in [6, 6.07) is 14.2. The lowest BCUT2D eigenvalue weighted by atomic mass is 9.85. The molecule has 3 rings (SSSR count). The lowest BCUT2D eigenvalue weighted by molar-refractivity contribution is -0.141. The number of hydrogen-bond donors (Lipinski definition) is 0. The van der Waals surface area contributed by atoms with Gasteiger partial charge in [-0.1, -0.05) is 35.9 Å². The Morgan fingerprint density at radius 1 is 0.960 bits per heavy atom. The molecule has 0 saturated carbocycles. The van der Waals surface area contributed by atoms with Gasteiger partial charge in [-0.25, -0.2) is 0 Å². The number of rotatable bonds is 6. The number of hydrogen-bond acceptors (Lipinski definition) is 4. The second-order valence-corrected chi connectivity index (χ2v) is 6.58. The van der Waals surface area contributed by atoms with Crippen LogP contribution in [0.2, 0.25) is 0 Å². The molecule has 0 amide bonds. The fourth-order valence-electron chi connectivity index (χ4n) is 3.34. The van der Waals surface area contributed by atoms with E-state index in [9.17, 15) is 4.79 Å². The lowest BCUT2D eigenvalue weighted by Crippen LogP contribution is -2.20. The second kappa shape index (κ2) is 7.60. The minimum absolute atomic E-state index is 0.0916. The number of aryl methyl sites for hydroxylation is 1. The van der Waals surface area contributed by atoms with Crippen molar-refractivity contribution in [1.82, 2.24) is 0 Å². The summed E-state index contributed by atoms with van der Waals surface area (Å²) >= 11 is 0. The molecule has 4 nitrogen and oxygen atoms in total. The number of benzene rings is 2. The van der Waals surface area contributed by atoms with E-state index in [1.54, 1.807) is 14.2 Å². The second-order valence-electron chi connectivity index (χ2n) is 6.58. The molecule has 1 aliphatic heterocycles. The van der Waals surface area contributed by atoms with Gasteiger partial charge in [0.05, 0.1) is 26.7 Å². The molecule has 0 radical (unpaired) electrons. The highest BCUT2D eigenvalue weighted by Gasteiger charge is 2.36. The Labute approximate surface area is 148 Å². The first-order chi connectivity index (χ1) is 12.1. The first-order valence-electron chi connectivity index (χ1n) is 8.53. The summed E-state index contributed by atoms with van der Waals surface area (Å²) in [4.78, 5) is 12.2. The topological polar surface area (TPSA) is 44.8 Å². The standard InChI is InChI=1S/C21H24O4/c1-14-4-6-15(7-5-14)11-18-17(13-25-21(18)22)10-16-8-9-19(23-2)20(12-16)24-3/h4-9,12,17-18H,10-11,13H2,1-3H3/t17-,18+/m1/s1. The number of ether oxygens (including phenoxy) is 3. The maximum absolute atomic E-state index is 12.2. The number of methoxy groups -OCH3 is 2. The van der Waals surface area contributed by atoms with Crippen LogP contribution in [0.3, 0.4) is 0 Å². The van der Waals surface area contributed by atoms with Gasteiger partial charge in [0.2, 0.25) is 0 Å². The highest BCUT2D eigenvalue weighted by atomic mass is 16.5. The average molecular weight is 340 g/mol. The third-order valence-electron chi connectivity index (χ3n) is 4.83. The van der Waals surface area contributed by atoms with E-state index in [1.807, 2.05) is 18.2 Å². The van der Waals surface area contributed by atoms with E-state index >= 15 is 0 Å². The van der Waals surface area contributed by atoms with Crippen molar-refractivity contribution in [2.24, 2.45) is 11.8 Å². The van der Waals surface area contributed by atoms with Crippen LogP contribution in [0.4, 0.5) is 0 Å². The van der Waals surface area contributed by atoms with Gasteiger partial charge in [-0.3, -0.25) is 4.79 Å². The van der Waals surface area contributed by atoms with Crippen LogP contribution in [-0.4, -0.2) is 26.8 Å². The molecule has 0 aromatic heterocycles. The number of esters is 1. The summed E-state index contributed by atoms with van der Waals surface area (Å²) in [5, 5.41) is 0. The summed E-state index contributed by atoms with van der Waals surface area (Å²) in [6.07, 6.45) is 1.50. The molecule has 2 aromatic carbocycles. The Morgan fingerprint density at radius 2 is 1.64 bits per heavy atom. The van der Waals surface area contributed by atoms with Crippen LogP contribution in [0, 0.1) is 18.8 Å². The largest absolute Gasteiger partial charge is 0.493 e. The maximum Gasteiger partial charge on any atom is 0.309 e. The highest BCUT2D eigenvalue weighted by Crippen LogP contribution is 2.32. The van der Waals surface area contributed by atoms with E-state index in [0.717, 1.165) is 18.4 Å². The van der Waals surface area contributed by atoms with Crippen molar-refractivity contribution in [2.75, 3.05) is 20.8 Å². The van der Waals surface area contributed by atoms with Crippen molar-refractivity contribution in [2.45, 2.75) is 19.8 Å². The molecule has 132 valence electrons. The van der Waals surface area contributed by atoms with Crippen molar-refractivity contribution in [3.63, 3.8) is 0 Å². The van der Waals surface area contributed by atoms with Gasteiger partial charge in [0.15, 0.2) is 11.5 Å². The minimum atomic E-state index is -0.101. The van der Waals surface area contributed by atoms with E-state index in [1.165, 1.54) is 11.1 Å². The van der Waals surface area contributed by atoms with Crippen molar-refractivity contribution in [1.29, 1.82) is 0 Å². The van der Waals surface area contributed by atoms with Crippen LogP contribution < -0.4 is 9.47 Å². The fourth-order valence-corrected chi connectivity index (χ4v) is 3.34. The van der Waals surface area contributed by atoms with Crippen molar-refractivity contribution in [3.05, 3.63) is 59.2 Å². The molecule has 0 bridgehead atoms. The Hall–Kier alpha value is -2.49. The van der Waals surface area contributed by atoms with E-state index in [2.05, 4.69) is 31.2 Å². The summed E-state index contributed by atoms with van der Waals surface area (Å²) in [5.74, 6) is 1.40. The molecular formula is C21H24O4. The molecule has 0 spiro atoms. The summed E-state index contributed by atoms with van der Waals surface area (Å²) in [5.41, 5.74) is 3.52. The van der Waals surface area contributed by atoms with E-state index in [4.69, 9.17) is 14.2 Å². The zero-order valence-electron chi connectivity index (χ0n) is 15.0. The zero-order chi connectivity index (χ0) is 17.8. The van der Waals surface area contributed by atoms with Crippen LogP contribution in [-0.2, 0) is 22.4 Å².